The molecule has 0 aromatic heterocycles. The molecule has 0 aromatic rings. The van der Waals surface area contributed by atoms with Crippen LogP contribution in [0.2, 0.25) is 0 Å². The highest BCUT2D eigenvalue weighted by molar-refractivity contribution is 5.85. The molecule has 0 aliphatic heterocycles. The van der Waals surface area contributed by atoms with Crippen molar-refractivity contribution in [3.63, 3.8) is 0 Å². The van der Waals surface area contributed by atoms with Crippen LogP contribution in [-0.4, -0.2) is 18.0 Å². The van der Waals surface area contributed by atoms with Gasteiger partial charge < -0.3 is 11.1 Å². The summed E-state index contributed by atoms with van der Waals surface area (Å²) in [7, 11) is 0. The number of carbonyl (C=O) groups is 1. The predicted molar refractivity (Wildman–Crippen MR) is 69.7 cm³/mol. The third-order valence-electron chi connectivity index (χ3n) is 3.08. The van der Waals surface area contributed by atoms with Crippen molar-refractivity contribution in [3.8, 4) is 0 Å². The zero-order chi connectivity index (χ0) is 11.3. The second-order valence-electron chi connectivity index (χ2n) is 5.30. The van der Waals surface area contributed by atoms with Gasteiger partial charge in [-0.2, -0.15) is 0 Å². The summed E-state index contributed by atoms with van der Waals surface area (Å²) < 4.78 is 0. The number of hydrogen-bond donors (Lipinski definition) is 2. The maximum absolute atomic E-state index is 11.5. The van der Waals surface area contributed by atoms with Crippen LogP contribution in [0.5, 0.6) is 0 Å². The van der Waals surface area contributed by atoms with E-state index in [1.165, 1.54) is 19.3 Å². The van der Waals surface area contributed by atoms with Crippen molar-refractivity contribution in [1.82, 2.24) is 5.32 Å². The van der Waals surface area contributed by atoms with Gasteiger partial charge >= 0.3 is 0 Å². The van der Waals surface area contributed by atoms with Gasteiger partial charge in [0.2, 0.25) is 5.91 Å². The Bertz CT molecular complexity index is 213. The van der Waals surface area contributed by atoms with Crippen LogP contribution in [0.4, 0.5) is 0 Å². The minimum atomic E-state index is -0.134. The van der Waals surface area contributed by atoms with Crippen molar-refractivity contribution in [2.45, 2.75) is 57.9 Å². The first-order valence-corrected chi connectivity index (χ1v) is 6.07. The zero-order valence-corrected chi connectivity index (χ0v) is 11.2. The Labute approximate surface area is 105 Å². The maximum atomic E-state index is 11.5. The van der Waals surface area contributed by atoms with Crippen molar-refractivity contribution < 1.29 is 4.79 Å². The summed E-state index contributed by atoms with van der Waals surface area (Å²) in [6, 6.07) is 0. The first kappa shape index (κ1) is 15.7. The molecular weight excluding hydrogens is 224 g/mol. The molecule has 96 valence electrons. The average Bonchev–Trinajstić information content (AvgIpc) is 2.15. The Morgan fingerprint density at radius 3 is 2.38 bits per heavy atom. The number of hydrogen-bond acceptors (Lipinski definition) is 2. The number of amides is 1. The molecule has 1 amide bonds. The fraction of sp³-hybridized carbons (Fsp3) is 0.917. The van der Waals surface area contributed by atoms with Crippen molar-refractivity contribution in [1.29, 1.82) is 0 Å². The largest absolute Gasteiger partial charge is 0.354 e. The number of carbonyl (C=O) groups excluding carboxylic acids is 1. The summed E-state index contributed by atoms with van der Waals surface area (Å²) in [5.74, 6) is 0.561. The third kappa shape index (κ3) is 5.71. The minimum Gasteiger partial charge on any atom is -0.354 e. The van der Waals surface area contributed by atoms with Crippen LogP contribution >= 0.6 is 12.4 Å². The van der Waals surface area contributed by atoms with Crippen molar-refractivity contribution >= 4 is 18.3 Å². The lowest BCUT2D eigenvalue weighted by Crippen LogP contribution is -2.51. The molecule has 0 spiro atoms. The molecule has 16 heavy (non-hydrogen) atoms. The van der Waals surface area contributed by atoms with E-state index < -0.39 is 0 Å². The van der Waals surface area contributed by atoms with Crippen LogP contribution in [-0.2, 0) is 4.79 Å². The summed E-state index contributed by atoms with van der Waals surface area (Å²) in [6.07, 6.45) is 6.41. The molecule has 1 aliphatic rings. The molecule has 1 aliphatic carbocycles. The van der Waals surface area contributed by atoms with Gasteiger partial charge in [-0.25, -0.2) is 0 Å². The minimum absolute atomic E-state index is 0. The predicted octanol–water partition coefficient (Wildman–Crippen LogP) is 2.23. The van der Waals surface area contributed by atoms with Gasteiger partial charge in [-0.3, -0.25) is 4.79 Å². The van der Waals surface area contributed by atoms with E-state index >= 15 is 0 Å². The monoisotopic (exact) mass is 248 g/mol. The molecule has 3 nitrogen and oxygen atoms in total. The molecule has 1 saturated carbocycles. The number of nitrogens with one attached hydrogen (secondary N) is 1. The second-order valence-corrected chi connectivity index (χ2v) is 5.30. The van der Waals surface area contributed by atoms with E-state index in [0.717, 1.165) is 12.8 Å². The molecule has 1 rings (SSSR count). The lowest BCUT2D eigenvalue weighted by atomic mass is 9.82. The first-order chi connectivity index (χ1) is 7.02. The van der Waals surface area contributed by atoms with Crippen molar-refractivity contribution in [2.75, 3.05) is 6.54 Å². The summed E-state index contributed by atoms with van der Waals surface area (Å²) in [5, 5.41) is 2.96. The molecule has 3 N–H and O–H groups in total. The Morgan fingerprint density at radius 2 is 1.88 bits per heavy atom. The van der Waals surface area contributed by atoms with E-state index in [1.54, 1.807) is 0 Å². The Balaban J connectivity index is 0.00000225. The third-order valence-corrected chi connectivity index (χ3v) is 3.08. The van der Waals surface area contributed by atoms with Gasteiger partial charge in [-0.15, -0.1) is 12.4 Å². The van der Waals surface area contributed by atoms with E-state index in [-0.39, 0.29) is 23.9 Å². The first-order valence-electron chi connectivity index (χ1n) is 6.07. The number of nitrogens with two attached hydrogens (primary N) is 1. The second kappa shape index (κ2) is 7.13. The van der Waals surface area contributed by atoms with Crippen LogP contribution in [0, 0.1) is 5.92 Å². The van der Waals surface area contributed by atoms with Gasteiger partial charge in [0.25, 0.3) is 0 Å². The van der Waals surface area contributed by atoms with Gasteiger partial charge in [0.15, 0.2) is 0 Å². The van der Waals surface area contributed by atoms with Crippen molar-refractivity contribution in [3.05, 3.63) is 0 Å². The highest BCUT2D eigenvalue weighted by Crippen LogP contribution is 2.25. The molecule has 4 heteroatoms. The molecule has 0 atom stereocenters. The standard InChI is InChI=1S/C12H24N2O.ClH/c1-10(2)8-11(15)14-9-12(13)6-4-3-5-7-12;/h10H,3-9,13H2,1-2H3,(H,14,15);1H. The van der Waals surface area contributed by atoms with Gasteiger partial charge in [-0.1, -0.05) is 33.1 Å². The molecule has 0 bridgehead atoms. The molecular formula is C12H25ClN2O. The van der Waals surface area contributed by atoms with E-state index in [2.05, 4.69) is 19.2 Å². The number of halogens is 1. The molecule has 0 saturated heterocycles. The fourth-order valence-electron chi connectivity index (χ4n) is 2.15. The fourth-order valence-corrected chi connectivity index (χ4v) is 2.15. The van der Waals surface area contributed by atoms with Gasteiger partial charge in [0.05, 0.1) is 0 Å². The van der Waals surface area contributed by atoms with E-state index in [9.17, 15) is 4.79 Å². The Morgan fingerprint density at radius 1 is 1.31 bits per heavy atom. The number of rotatable bonds is 4. The van der Waals surface area contributed by atoms with E-state index in [4.69, 9.17) is 5.73 Å². The normalized spacial score (nSPS) is 19.0. The topological polar surface area (TPSA) is 55.1 Å². The molecule has 0 heterocycles. The molecule has 0 aromatic carbocycles. The highest BCUT2D eigenvalue weighted by atomic mass is 35.5. The molecule has 1 fully saturated rings. The smallest absolute Gasteiger partial charge is 0.220 e. The van der Waals surface area contributed by atoms with E-state index in [1.807, 2.05) is 0 Å². The lowest BCUT2D eigenvalue weighted by Gasteiger charge is -2.33. The van der Waals surface area contributed by atoms with Crippen LogP contribution in [0.3, 0.4) is 0 Å². The summed E-state index contributed by atoms with van der Waals surface area (Å²) in [4.78, 5) is 11.5. The van der Waals surface area contributed by atoms with Gasteiger partial charge in [-0.05, 0) is 18.8 Å². The quantitative estimate of drug-likeness (QED) is 0.802. The average molecular weight is 249 g/mol. The zero-order valence-electron chi connectivity index (χ0n) is 10.4. The van der Waals surface area contributed by atoms with Crippen LogP contribution in [0.1, 0.15) is 52.4 Å². The summed E-state index contributed by atoms with van der Waals surface area (Å²) in [6.45, 7) is 4.76. The molecule has 0 radical (unpaired) electrons. The SMILES string of the molecule is CC(C)CC(=O)NCC1(N)CCCCC1.Cl. The van der Waals surface area contributed by atoms with Crippen LogP contribution in [0.25, 0.3) is 0 Å². The van der Waals surface area contributed by atoms with Crippen LogP contribution < -0.4 is 11.1 Å². The molecule has 0 unspecified atom stereocenters. The van der Waals surface area contributed by atoms with Gasteiger partial charge in [0.1, 0.15) is 0 Å². The summed E-state index contributed by atoms with van der Waals surface area (Å²) in [5.41, 5.74) is 6.09. The Hall–Kier alpha value is -0.280. The van der Waals surface area contributed by atoms with Crippen molar-refractivity contribution in [2.24, 2.45) is 11.7 Å². The van der Waals surface area contributed by atoms with Crippen LogP contribution in [0.15, 0.2) is 0 Å². The summed E-state index contributed by atoms with van der Waals surface area (Å²) >= 11 is 0. The highest BCUT2D eigenvalue weighted by Gasteiger charge is 2.27. The van der Waals surface area contributed by atoms with E-state index in [0.29, 0.717) is 18.9 Å². The Kier molecular flexibility index (Phi) is 7.00. The maximum Gasteiger partial charge on any atom is 0.220 e. The lowest BCUT2D eigenvalue weighted by molar-refractivity contribution is -0.122. The van der Waals surface area contributed by atoms with Gasteiger partial charge in [0, 0.05) is 18.5 Å².